The minimum atomic E-state index is -0.585. The second-order valence-electron chi connectivity index (χ2n) is 3.09. The van der Waals surface area contributed by atoms with Crippen LogP contribution >= 0.6 is 0 Å². The molecule has 0 aliphatic heterocycles. The number of hydrogen-bond donors (Lipinski definition) is 2. The Balaban J connectivity index is 4.26. The van der Waals surface area contributed by atoms with Crippen molar-refractivity contribution < 1.29 is 9.59 Å². The number of hydrogen-bond acceptors (Lipinski definition) is 3. The average molecular weight is 185 g/mol. The van der Waals surface area contributed by atoms with Crippen LogP contribution in [-0.2, 0) is 4.79 Å². The standard InChI is InChI=1S/C8H15N3O2/c1-5(2)10-8(13)11(4)7(12)6(3)9/h5,9H,1-4H3,(H,10,13). The minimum Gasteiger partial charge on any atom is -0.335 e. The molecule has 5 heteroatoms. The SMILES string of the molecule is CC(=N)C(=O)N(C)C(=O)NC(C)C. The maximum Gasteiger partial charge on any atom is 0.324 e. The Morgan fingerprint density at radius 3 is 2.15 bits per heavy atom. The van der Waals surface area contributed by atoms with Crippen molar-refractivity contribution in [2.45, 2.75) is 26.8 Å². The van der Waals surface area contributed by atoms with Crippen LogP contribution in [0, 0.1) is 5.41 Å². The van der Waals surface area contributed by atoms with E-state index in [0.717, 1.165) is 4.90 Å². The topological polar surface area (TPSA) is 73.3 Å². The van der Waals surface area contributed by atoms with Crippen molar-refractivity contribution in [1.82, 2.24) is 10.2 Å². The summed E-state index contributed by atoms with van der Waals surface area (Å²) in [6, 6.07) is -0.500. The maximum atomic E-state index is 11.2. The molecule has 0 saturated heterocycles. The fraction of sp³-hybridized carbons (Fsp3) is 0.625. The number of carbonyl (C=O) groups is 2. The van der Waals surface area contributed by atoms with E-state index >= 15 is 0 Å². The molecule has 0 aromatic carbocycles. The van der Waals surface area contributed by atoms with Crippen LogP contribution in [-0.4, -0.2) is 35.6 Å². The fourth-order valence-electron chi connectivity index (χ4n) is 0.688. The molecule has 2 N–H and O–H groups in total. The van der Waals surface area contributed by atoms with Gasteiger partial charge in [-0.15, -0.1) is 0 Å². The molecule has 0 fully saturated rings. The van der Waals surface area contributed by atoms with Gasteiger partial charge >= 0.3 is 6.03 Å². The average Bonchev–Trinajstić information content (AvgIpc) is 2.00. The molecular weight excluding hydrogens is 170 g/mol. The van der Waals surface area contributed by atoms with Gasteiger partial charge in [0, 0.05) is 13.1 Å². The number of imide groups is 1. The summed E-state index contributed by atoms with van der Waals surface area (Å²) < 4.78 is 0. The van der Waals surface area contributed by atoms with Gasteiger partial charge in [-0.2, -0.15) is 0 Å². The van der Waals surface area contributed by atoms with E-state index in [-0.39, 0.29) is 11.8 Å². The van der Waals surface area contributed by atoms with Gasteiger partial charge in [-0.25, -0.2) is 4.79 Å². The predicted octanol–water partition coefficient (Wildman–Crippen LogP) is 0.602. The summed E-state index contributed by atoms with van der Waals surface area (Å²) in [5, 5.41) is 9.58. The summed E-state index contributed by atoms with van der Waals surface area (Å²) >= 11 is 0. The third kappa shape index (κ3) is 3.68. The Bertz CT molecular complexity index is 236. The molecule has 0 radical (unpaired) electrons. The monoisotopic (exact) mass is 185 g/mol. The molecule has 0 heterocycles. The number of nitrogens with one attached hydrogen (secondary N) is 2. The first kappa shape index (κ1) is 11.6. The van der Waals surface area contributed by atoms with Gasteiger partial charge in [0.05, 0.1) is 5.71 Å². The lowest BCUT2D eigenvalue weighted by Gasteiger charge is -2.17. The zero-order valence-electron chi connectivity index (χ0n) is 8.34. The van der Waals surface area contributed by atoms with Crippen molar-refractivity contribution in [3.8, 4) is 0 Å². The molecule has 0 aromatic heterocycles. The van der Waals surface area contributed by atoms with Gasteiger partial charge in [0.1, 0.15) is 0 Å². The van der Waals surface area contributed by atoms with Crippen LogP contribution in [0.4, 0.5) is 4.79 Å². The van der Waals surface area contributed by atoms with Gasteiger partial charge in [-0.3, -0.25) is 15.1 Å². The summed E-state index contributed by atoms with van der Waals surface area (Å²) in [6.45, 7) is 4.95. The maximum absolute atomic E-state index is 11.2. The number of amides is 3. The highest BCUT2D eigenvalue weighted by Crippen LogP contribution is 1.89. The third-order valence-corrected chi connectivity index (χ3v) is 1.34. The highest BCUT2D eigenvalue weighted by molar-refractivity contribution is 6.38. The van der Waals surface area contributed by atoms with Crippen molar-refractivity contribution in [3.63, 3.8) is 0 Å². The first-order valence-electron chi connectivity index (χ1n) is 4.00. The molecule has 0 aliphatic carbocycles. The molecule has 0 unspecified atom stereocenters. The second-order valence-corrected chi connectivity index (χ2v) is 3.09. The Morgan fingerprint density at radius 1 is 1.38 bits per heavy atom. The number of nitrogens with zero attached hydrogens (tertiary/aromatic N) is 1. The molecule has 0 saturated carbocycles. The normalized spacial score (nSPS) is 9.62. The van der Waals surface area contributed by atoms with Gasteiger partial charge in [0.15, 0.2) is 0 Å². The smallest absolute Gasteiger partial charge is 0.324 e. The van der Waals surface area contributed by atoms with Crippen LogP contribution in [0.5, 0.6) is 0 Å². The second kappa shape index (κ2) is 4.59. The molecule has 74 valence electrons. The van der Waals surface area contributed by atoms with Crippen LogP contribution in [0.15, 0.2) is 0 Å². The Labute approximate surface area is 77.6 Å². The molecule has 0 bridgehead atoms. The van der Waals surface area contributed by atoms with Crippen molar-refractivity contribution in [2.75, 3.05) is 7.05 Å². The van der Waals surface area contributed by atoms with E-state index < -0.39 is 11.9 Å². The van der Waals surface area contributed by atoms with Gasteiger partial charge in [0.2, 0.25) is 0 Å². The highest BCUT2D eigenvalue weighted by atomic mass is 16.2. The first-order valence-corrected chi connectivity index (χ1v) is 4.00. The predicted molar refractivity (Wildman–Crippen MR) is 49.8 cm³/mol. The van der Waals surface area contributed by atoms with Gasteiger partial charge in [-0.1, -0.05) is 0 Å². The summed E-state index contributed by atoms with van der Waals surface area (Å²) in [6.07, 6.45) is 0. The highest BCUT2D eigenvalue weighted by Gasteiger charge is 2.18. The van der Waals surface area contributed by atoms with E-state index in [1.54, 1.807) is 13.8 Å². The molecule has 0 aliphatic rings. The lowest BCUT2D eigenvalue weighted by Crippen LogP contribution is -2.45. The minimum absolute atomic E-state index is 0.0196. The van der Waals surface area contributed by atoms with E-state index in [1.807, 2.05) is 0 Å². The zero-order chi connectivity index (χ0) is 10.6. The third-order valence-electron chi connectivity index (χ3n) is 1.34. The van der Waals surface area contributed by atoms with Crippen molar-refractivity contribution in [1.29, 1.82) is 5.41 Å². The number of urea groups is 1. The Hall–Kier alpha value is -1.39. The summed E-state index contributed by atoms with van der Waals surface area (Å²) in [5.74, 6) is -0.585. The molecule has 13 heavy (non-hydrogen) atoms. The zero-order valence-corrected chi connectivity index (χ0v) is 8.34. The summed E-state index contributed by atoms with van der Waals surface area (Å²) in [5.41, 5.74) is -0.151. The van der Waals surface area contributed by atoms with E-state index in [4.69, 9.17) is 5.41 Å². The van der Waals surface area contributed by atoms with E-state index in [9.17, 15) is 9.59 Å². The van der Waals surface area contributed by atoms with Crippen LogP contribution in [0.3, 0.4) is 0 Å². The van der Waals surface area contributed by atoms with Crippen LogP contribution < -0.4 is 5.32 Å². The molecule has 3 amide bonds. The molecule has 0 spiro atoms. The lowest BCUT2D eigenvalue weighted by atomic mass is 10.3. The molecule has 5 nitrogen and oxygen atoms in total. The van der Waals surface area contributed by atoms with E-state index in [2.05, 4.69) is 5.32 Å². The molecule has 0 aromatic rings. The fourth-order valence-corrected chi connectivity index (χ4v) is 0.688. The quantitative estimate of drug-likeness (QED) is 0.618. The number of rotatable bonds is 2. The van der Waals surface area contributed by atoms with Crippen molar-refractivity contribution in [3.05, 3.63) is 0 Å². The Morgan fingerprint density at radius 2 is 1.85 bits per heavy atom. The summed E-state index contributed by atoms with van der Waals surface area (Å²) in [4.78, 5) is 23.2. The van der Waals surface area contributed by atoms with Crippen molar-refractivity contribution in [2.24, 2.45) is 0 Å². The lowest BCUT2D eigenvalue weighted by molar-refractivity contribution is -0.120. The molecule has 0 rings (SSSR count). The van der Waals surface area contributed by atoms with E-state index in [1.165, 1.54) is 14.0 Å². The first-order chi connectivity index (χ1) is 5.86. The molecule has 0 atom stereocenters. The van der Waals surface area contributed by atoms with Crippen LogP contribution in [0.1, 0.15) is 20.8 Å². The Kier molecular flexibility index (Phi) is 4.10. The van der Waals surface area contributed by atoms with Crippen molar-refractivity contribution >= 4 is 17.6 Å². The van der Waals surface area contributed by atoms with Gasteiger partial charge < -0.3 is 5.32 Å². The van der Waals surface area contributed by atoms with Gasteiger partial charge in [-0.05, 0) is 20.8 Å². The largest absolute Gasteiger partial charge is 0.335 e. The summed E-state index contributed by atoms with van der Waals surface area (Å²) in [7, 11) is 1.35. The van der Waals surface area contributed by atoms with Crippen LogP contribution in [0.25, 0.3) is 0 Å². The number of carbonyl (C=O) groups excluding carboxylic acids is 2. The van der Waals surface area contributed by atoms with Gasteiger partial charge in [0.25, 0.3) is 5.91 Å². The van der Waals surface area contributed by atoms with E-state index in [0.29, 0.717) is 0 Å². The molecular formula is C8H15N3O2. The van der Waals surface area contributed by atoms with Crippen LogP contribution in [0.2, 0.25) is 0 Å².